The predicted molar refractivity (Wildman–Crippen MR) is 234 cm³/mol. The van der Waals surface area contributed by atoms with Gasteiger partial charge in [0.2, 0.25) is 17.7 Å². The van der Waals surface area contributed by atoms with Crippen LogP contribution in [0.2, 0.25) is 0 Å². The summed E-state index contributed by atoms with van der Waals surface area (Å²) >= 11 is 0. The first-order chi connectivity index (χ1) is 31.0. The number of halogens is 3. The van der Waals surface area contributed by atoms with Gasteiger partial charge in [-0.2, -0.15) is 13.2 Å². The van der Waals surface area contributed by atoms with E-state index >= 15 is 0 Å². The van der Waals surface area contributed by atoms with Gasteiger partial charge in [0, 0.05) is 68.1 Å². The summed E-state index contributed by atoms with van der Waals surface area (Å²) in [6.45, 7) is 6.90. The Labute approximate surface area is 373 Å². The number of hydrogen-bond acceptors (Lipinski definition) is 13. The summed E-state index contributed by atoms with van der Waals surface area (Å²) in [6, 6.07) is 10.5. The van der Waals surface area contributed by atoms with E-state index in [2.05, 4.69) is 35.7 Å². The van der Waals surface area contributed by atoms with Gasteiger partial charge in [0.05, 0.1) is 47.7 Å². The minimum Gasteiger partial charge on any atom is -0.493 e. The molecule has 0 bridgehead atoms. The predicted octanol–water partition coefficient (Wildman–Crippen LogP) is 5.25. The molecule has 344 valence electrons. The van der Waals surface area contributed by atoms with E-state index in [-0.39, 0.29) is 46.9 Å². The molecular weight excluding hydrogens is 848 g/mol. The molecule has 5 N–H and O–H groups in total. The molecule has 8 rings (SSSR count). The van der Waals surface area contributed by atoms with Gasteiger partial charge < -0.3 is 30.7 Å². The molecule has 4 aromatic rings. The Morgan fingerprint density at radius 1 is 1.02 bits per heavy atom. The number of alkyl halides is 3. The summed E-state index contributed by atoms with van der Waals surface area (Å²) in [6.07, 6.45) is -1.49. The maximum atomic E-state index is 13.7. The van der Waals surface area contributed by atoms with Crippen molar-refractivity contribution in [1.82, 2.24) is 30.4 Å². The number of piperazine rings is 1. The Morgan fingerprint density at radius 2 is 1.77 bits per heavy atom. The standard InChI is InChI=1S/C46H52F3N9O7/c1-25(28-18-29(46(47,48)49)20-30(50)19-28)52-40-32-21-37(36(64-4)22-33(32)53-26(2)54-40)65-24-45(11-12-45)23-27(41(60)51-3)10-13-56-14-16-57(17-15-56)34-7-5-6-31-39(34)44(63)58(43(31)62)35-8-9-38(59)55-42(35)61/h5-7,18-22,25,27,35H,8-17,23-24,50H2,1-4H3,(H,51,60)(H,52,53,54)(H,55,59,61). The van der Waals surface area contributed by atoms with E-state index in [1.54, 1.807) is 45.2 Å². The fourth-order valence-corrected chi connectivity index (χ4v) is 9.19. The van der Waals surface area contributed by atoms with Gasteiger partial charge in [0.25, 0.3) is 11.8 Å². The van der Waals surface area contributed by atoms with Crippen molar-refractivity contribution in [2.24, 2.45) is 11.3 Å². The number of aryl methyl sites for hydroxylation is 1. The number of nitrogen functional groups attached to an aromatic ring is 1. The lowest BCUT2D eigenvalue weighted by Crippen LogP contribution is -2.54. The second kappa shape index (κ2) is 17.8. The summed E-state index contributed by atoms with van der Waals surface area (Å²) in [5, 5.41) is 8.91. The number of carbonyl (C=O) groups excluding carboxylic acids is 5. The molecule has 1 aliphatic carbocycles. The highest BCUT2D eigenvalue weighted by Gasteiger charge is 2.48. The number of nitrogens with zero attached hydrogens (tertiary/aromatic N) is 5. The van der Waals surface area contributed by atoms with Crippen molar-refractivity contribution in [3.63, 3.8) is 0 Å². The summed E-state index contributed by atoms with van der Waals surface area (Å²) in [4.78, 5) is 79.3. The van der Waals surface area contributed by atoms with E-state index in [1.807, 2.05) is 6.07 Å². The van der Waals surface area contributed by atoms with Gasteiger partial charge in [-0.05, 0) is 94.5 Å². The monoisotopic (exact) mass is 899 g/mol. The Kier molecular flexibility index (Phi) is 12.4. The van der Waals surface area contributed by atoms with Crippen LogP contribution in [-0.2, 0) is 20.6 Å². The molecular formula is C46H52F3N9O7. The molecule has 3 fully saturated rings. The van der Waals surface area contributed by atoms with Crippen molar-refractivity contribution in [1.29, 1.82) is 0 Å². The average Bonchev–Trinajstić information content (AvgIpc) is 4.00. The molecule has 3 unspecified atom stereocenters. The number of nitrogens with two attached hydrogens (primary N) is 1. The second-order valence-corrected chi connectivity index (χ2v) is 17.5. The fraction of sp³-hybridized carbons (Fsp3) is 0.457. The molecule has 0 spiro atoms. The first kappa shape index (κ1) is 45.1. The number of piperidine rings is 1. The number of benzene rings is 3. The number of methoxy groups -OCH3 is 1. The zero-order chi connectivity index (χ0) is 46.4. The quantitative estimate of drug-likeness (QED) is 0.0892. The van der Waals surface area contributed by atoms with E-state index in [0.717, 1.165) is 29.9 Å². The Balaban J connectivity index is 0.904. The molecule has 19 heteroatoms. The first-order valence-corrected chi connectivity index (χ1v) is 21.7. The van der Waals surface area contributed by atoms with E-state index in [1.165, 1.54) is 13.2 Å². The van der Waals surface area contributed by atoms with E-state index < -0.39 is 47.5 Å². The van der Waals surface area contributed by atoms with Gasteiger partial charge in [0.15, 0.2) is 11.5 Å². The number of anilines is 3. The number of fused-ring (bicyclic) bond motifs is 2. The molecule has 16 nitrogen and oxygen atoms in total. The molecule has 3 aromatic carbocycles. The fourth-order valence-electron chi connectivity index (χ4n) is 9.19. The number of imide groups is 2. The summed E-state index contributed by atoms with van der Waals surface area (Å²) in [7, 11) is 3.16. The van der Waals surface area contributed by atoms with Gasteiger partial charge in [0.1, 0.15) is 17.7 Å². The summed E-state index contributed by atoms with van der Waals surface area (Å²) in [5.74, 6) is -0.784. The number of carbonyl (C=O) groups is 5. The van der Waals surface area contributed by atoms with Crippen LogP contribution in [0.1, 0.15) is 89.2 Å². The van der Waals surface area contributed by atoms with Crippen LogP contribution in [0.3, 0.4) is 0 Å². The van der Waals surface area contributed by atoms with Crippen molar-refractivity contribution in [3.8, 4) is 11.5 Å². The lowest BCUT2D eigenvalue weighted by molar-refractivity contribution is -0.138. The number of hydrogen-bond donors (Lipinski definition) is 4. The largest absolute Gasteiger partial charge is 0.493 e. The van der Waals surface area contributed by atoms with E-state index in [9.17, 15) is 37.1 Å². The number of rotatable bonds is 15. The van der Waals surface area contributed by atoms with Crippen LogP contribution in [0.5, 0.6) is 11.5 Å². The summed E-state index contributed by atoms with van der Waals surface area (Å²) < 4.78 is 53.1. The number of amides is 5. The molecule has 1 aromatic heterocycles. The lowest BCUT2D eigenvalue weighted by atomic mass is 9.89. The molecule has 0 radical (unpaired) electrons. The van der Waals surface area contributed by atoms with Gasteiger partial charge in [-0.1, -0.05) is 6.07 Å². The highest BCUT2D eigenvalue weighted by Crippen LogP contribution is 2.52. The zero-order valence-electron chi connectivity index (χ0n) is 36.6. The van der Waals surface area contributed by atoms with Crippen LogP contribution >= 0.6 is 0 Å². The molecule has 5 amide bonds. The zero-order valence-corrected chi connectivity index (χ0v) is 36.6. The minimum atomic E-state index is -4.56. The number of nitrogens with one attached hydrogen (secondary N) is 3. The van der Waals surface area contributed by atoms with Gasteiger partial charge in [-0.25, -0.2) is 9.97 Å². The Bertz CT molecular complexity index is 2560. The highest BCUT2D eigenvalue weighted by atomic mass is 19.4. The number of aromatic nitrogens is 2. The van der Waals surface area contributed by atoms with Crippen molar-refractivity contribution < 1.29 is 46.6 Å². The SMILES string of the molecule is CNC(=O)C(CCN1CCN(c2cccc3c2C(=O)N(C2CCC(=O)NC2=O)C3=O)CC1)CC1(COc2cc3c(NC(C)c4cc(N)cc(C(F)(F)F)c4)nc(C)nc3cc2OC)CC1. The van der Waals surface area contributed by atoms with Crippen LogP contribution in [0.4, 0.5) is 30.4 Å². The van der Waals surface area contributed by atoms with Crippen LogP contribution < -0.4 is 36.1 Å². The topological polar surface area (TPSA) is 201 Å². The van der Waals surface area contributed by atoms with Crippen LogP contribution in [0, 0.1) is 18.3 Å². The highest BCUT2D eigenvalue weighted by molar-refractivity contribution is 6.25. The molecule has 3 aliphatic heterocycles. The lowest BCUT2D eigenvalue weighted by Gasteiger charge is -2.37. The molecule has 65 heavy (non-hydrogen) atoms. The van der Waals surface area contributed by atoms with Crippen molar-refractivity contribution >= 4 is 57.6 Å². The maximum absolute atomic E-state index is 13.7. The summed E-state index contributed by atoms with van der Waals surface area (Å²) in [5.41, 5.74) is 6.78. The third-order valence-corrected chi connectivity index (χ3v) is 13.0. The number of ether oxygens (including phenoxy) is 2. The van der Waals surface area contributed by atoms with Gasteiger partial charge in [-0.3, -0.25) is 39.1 Å². The van der Waals surface area contributed by atoms with Gasteiger partial charge >= 0.3 is 6.18 Å². The van der Waals surface area contributed by atoms with Crippen molar-refractivity contribution in [2.75, 3.05) is 69.4 Å². The third kappa shape index (κ3) is 9.37. The Morgan fingerprint density at radius 3 is 2.45 bits per heavy atom. The average molecular weight is 900 g/mol. The first-order valence-electron chi connectivity index (χ1n) is 21.7. The molecule has 2 saturated heterocycles. The molecule has 4 aliphatic rings. The van der Waals surface area contributed by atoms with Crippen molar-refractivity contribution in [3.05, 3.63) is 76.6 Å². The van der Waals surface area contributed by atoms with E-state index in [4.69, 9.17) is 15.2 Å². The third-order valence-electron chi connectivity index (χ3n) is 13.0. The van der Waals surface area contributed by atoms with Gasteiger partial charge in [-0.15, -0.1) is 0 Å². The molecule has 4 heterocycles. The Hall–Kier alpha value is -6.50. The molecule has 1 saturated carbocycles. The maximum Gasteiger partial charge on any atom is 0.416 e. The second-order valence-electron chi connectivity index (χ2n) is 17.5. The molecule has 3 atom stereocenters. The minimum absolute atomic E-state index is 0.00588. The van der Waals surface area contributed by atoms with E-state index in [0.29, 0.717) is 97.5 Å². The smallest absolute Gasteiger partial charge is 0.416 e. The normalized spacial score (nSPS) is 19.5. The van der Waals surface area contributed by atoms with Crippen LogP contribution in [0.15, 0.2) is 48.5 Å². The van der Waals surface area contributed by atoms with Crippen molar-refractivity contribution in [2.45, 2.75) is 70.6 Å². The van der Waals surface area contributed by atoms with Crippen LogP contribution in [0.25, 0.3) is 10.9 Å². The van der Waals surface area contributed by atoms with Crippen LogP contribution in [-0.4, -0.2) is 109 Å².